The van der Waals surface area contributed by atoms with Crippen molar-refractivity contribution in [3.8, 4) is 0 Å². The fourth-order valence-corrected chi connectivity index (χ4v) is 4.56. The van der Waals surface area contributed by atoms with Gasteiger partial charge < -0.3 is 10.0 Å². The van der Waals surface area contributed by atoms with Gasteiger partial charge in [0.2, 0.25) is 5.91 Å². The Morgan fingerprint density at radius 2 is 1.88 bits per heavy atom. The first kappa shape index (κ1) is 19.0. The van der Waals surface area contributed by atoms with E-state index in [1.807, 2.05) is 19.1 Å². The molecule has 0 heterocycles. The highest BCUT2D eigenvalue weighted by Gasteiger charge is 2.44. The summed E-state index contributed by atoms with van der Waals surface area (Å²) in [4.78, 5) is 13.5. The first-order valence-electron chi connectivity index (χ1n) is 9.17. The van der Waals surface area contributed by atoms with Gasteiger partial charge in [-0.1, -0.05) is 51.2 Å². The van der Waals surface area contributed by atoms with Crippen LogP contribution in [0, 0.1) is 35.5 Å². The molecule has 24 heavy (non-hydrogen) atoms. The minimum atomic E-state index is -0.214. The lowest BCUT2D eigenvalue weighted by atomic mass is 9.58. The molecule has 1 N–H and O–H groups in total. The quantitative estimate of drug-likeness (QED) is 0.487. The van der Waals surface area contributed by atoms with Crippen LogP contribution in [-0.4, -0.2) is 36.1 Å². The van der Waals surface area contributed by atoms with Gasteiger partial charge in [-0.2, -0.15) is 0 Å². The Morgan fingerprint density at radius 3 is 2.50 bits per heavy atom. The molecule has 1 amide bonds. The lowest BCUT2D eigenvalue weighted by Gasteiger charge is -2.48. The fraction of sp³-hybridized carbons (Fsp3) is 0.667. The van der Waals surface area contributed by atoms with Crippen LogP contribution in [0.2, 0.25) is 0 Å². The Morgan fingerprint density at radius 1 is 1.21 bits per heavy atom. The Balaban J connectivity index is 2.19. The average molecular weight is 332 g/mol. The molecule has 3 nitrogen and oxygen atoms in total. The molecule has 1 saturated carbocycles. The number of nitrogens with zero attached hydrogens (tertiary/aromatic N) is 1. The number of fused-ring (bicyclic) bond motifs is 1. The summed E-state index contributed by atoms with van der Waals surface area (Å²) in [5.41, 5.74) is 0.747. The SMILES string of the molecule is C/C(=C\C=C\[C@@H]1C2C(C=C[C@@H]1C)C[C@@H](C)[C@H](O)C2C)C(=O)N(C)C. The maximum Gasteiger partial charge on any atom is 0.248 e. The number of amides is 1. The molecule has 0 bridgehead atoms. The van der Waals surface area contributed by atoms with E-state index < -0.39 is 0 Å². The van der Waals surface area contributed by atoms with Gasteiger partial charge in [0.05, 0.1) is 6.10 Å². The third-order valence-electron chi connectivity index (χ3n) is 6.00. The highest BCUT2D eigenvalue weighted by molar-refractivity contribution is 5.92. The fourth-order valence-electron chi connectivity index (χ4n) is 4.56. The maximum absolute atomic E-state index is 11.9. The Kier molecular flexibility index (Phi) is 6.08. The van der Waals surface area contributed by atoms with E-state index in [1.165, 1.54) is 0 Å². The van der Waals surface area contributed by atoms with Crippen molar-refractivity contribution >= 4 is 5.91 Å². The van der Waals surface area contributed by atoms with Crippen molar-refractivity contribution in [2.75, 3.05) is 14.1 Å². The molecule has 0 spiro atoms. The zero-order valence-electron chi connectivity index (χ0n) is 15.9. The van der Waals surface area contributed by atoms with E-state index in [4.69, 9.17) is 0 Å². The van der Waals surface area contributed by atoms with Crippen LogP contribution < -0.4 is 0 Å². The molecule has 3 heteroatoms. The molecule has 0 aliphatic heterocycles. The minimum Gasteiger partial charge on any atom is -0.393 e. The van der Waals surface area contributed by atoms with Crippen LogP contribution in [0.15, 0.2) is 36.0 Å². The molecule has 2 aliphatic rings. The lowest BCUT2D eigenvalue weighted by Crippen LogP contribution is -2.46. The number of carbonyl (C=O) groups excluding carboxylic acids is 1. The minimum absolute atomic E-state index is 0.0457. The van der Waals surface area contributed by atoms with Crippen LogP contribution in [0.1, 0.15) is 34.1 Å². The number of allylic oxidation sites excluding steroid dienone is 5. The van der Waals surface area contributed by atoms with Gasteiger partial charge in [0.1, 0.15) is 0 Å². The van der Waals surface area contributed by atoms with E-state index in [2.05, 4.69) is 39.0 Å². The standard InChI is InChI=1S/C21H33NO2/c1-13-10-11-17-12-15(3)20(23)16(4)19(17)18(13)9-7-8-14(2)21(24)22(5)6/h7-11,13,15-20,23H,12H2,1-6H3/b9-7+,14-8+/t13-,15+,16?,17?,18-,19?,20-/m0/s1. The Bertz CT molecular complexity index is 546. The summed E-state index contributed by atoms with van der Waals surface area (Å²) in [5, 5.41) is 10.5. The molecular formula is C21H33NO2. The number of hydrogen-bond acceptors (Lipinski definition) is 2. The second kappa shape index (κ2) is 7.69. The van der Waals surface area contributed by atoms with Gasteiger partial charge in [0, 0.05) is 19.7 Å². The monoisotopic (exact) mass is 331 g/mol. The second-order valence-corrected chi connectivity index (χ2v) is 8.06. The predicted molar refractivity (Wildman–Crippen MR) is 99.3 cm³/mol. The van der Waals surface area contributed by atoms with Gasteiger partial charge in [-0.15, -0.1) is 0 Å². The van der Waals surface area contributed by atoms with Crippen molar-refractivity contribution in [3.05, 3.63) is 36.0 Å². The van der Waals surface area contributed by atoms with Gasteiger partial charge >= 0.3 is 0 Å². The van der Waals surface area contributed by atoms with E-state index >= 15 is 0 Å². The summed E-state index contributed by atoms with van der Waals surface area (Å²) in [6.45, 7) is 8.46. The predicted octanol–water partition coefficient (Wildman–Crippen LogP) is 3.67. The van der Waals surface area contributed by atoms with Crippen molar-refractivity contribution in [1.82, 2.24) is 4.90 Å². The highest BCUT2D eigenvalue weighted by atomic mass is 16.3. The average Bonchev–Trinajstić information content (AvgIpc) is 2.53. The molecule has 0 radical (unpaired) electrons. The topological polar surface area (TPSA) is 40.5 Å². The number of likely N-dealkylation sites (N-methyl/N-ethyl adjacent to an activating group) is 1. The summed E-state index contributed by atoms with van der Waals surface area (Å²) in [7, 11) is 3.54. The molecule has 7 atom stereocenters. The van der Waals surface area contributed by atoms with Gasteiger partial charge in [-0.25, -0.2) is 0 Å². The second-order valence-electron chi connectivity index (χ2n) is 8.06. The first-order valence-corrected chi connectivity index (χ1v) is 9.17. The van der Waals surface area contributed by atoms with Crippen molar-refractivity contribution in [3.63, 3.8) is 0 Å². The van der Waals surface area contributed by atoms with E-state index in [0.717, 1.165) is 12.0 Å². The largest absolute Gasteiger partial charge is 0.393 e. The van der Waals surface area contributed by atoms with Crippen molar-refractivity contribution in [1.29, 1.82) is 0 Å². The highest BCUT2D eigenvalue weighted by Crippen LogP contribution is 2.48. The van der Waals surface area contributed by atoms with Crippen LogP contribution in [-0.2, 0) is 4.79 Å². The summed E-state index contributed by atoms with van der Waals surface area (Å²) in [6, 6.07) is 0. The van der Waals surface area contributed by atoms with Crippen molar-refractivity contribution in [2.45, 2.75) is 40.2 Å². The Hall–Kier alpha value is -1.35. The Labute approximate surface area is 147 Å². The van der Waals surface area contributed by atoms with Crippen LogP contribution in [0.4, 0.5) is 0 Å². The third kappa shape index (κ3) is 3.83. The maximum atomic E-state index is 11.9. The number of aliphatic hydroxyl groups is 1. The summed E-state index contributed by atoms with van der Waals surface area (Å²) in [5.74, 6) is 2.62. The smallest absolute Gasteiger partial charge is 0.248 e. The van der Waals surface area contributed by atoms with E-state index in [-0.39, 0.29) is 12.0 Å². The zero-order valence-corrected chi connectivity index (χ0v) is 15.9. The van der Waals surface area contributed by atoms with Crippen LogP contribution in [0.3, 0.4) is 0 Å². The molecule has 0 saturated heterocycles. The van der Waals surface area contributed by atoms with Crippen LogP contribution in [0.5, 0.6) is 0 Å². The third-order valence-corrected chi connectivity index (χ3v) is 6.00. The molecule has 2 rings (SSSR count). The molecule has 0 aromatic heterocycles. The normalized spacial score (nSPS) is 39.8. The number of rotatable bonds is 3. The van der Waals surface area contributed by atoms with E-state index in [0.29, 0.717) is 35.5 Å². The number of aliphatic hydroxyl groups excluding tert-OH is 1. The molecular weight excluding hydrogens is 298 g/mol. The van der Waals surface area contributed by atoms with E-state index in [1.54, 1.807) is 19.0 Å². The van der Waals surface area contributed by atoms with E-state index in [9.17, 15) is 9.90 Å². The number of carbonyl (C=O) groups is 1. The first-order chi connectivity index (χ1) is 11.2. The van der Waals surface area contributed by atoms with Crippen molar-refractivity contribution in [2.24, 2.45) is 35.5 Å². The number of hydrogen-bond donors (Lipinski definition) is 1. The molecule has 134 valence electrons. The van der Waals surface area contributed by atoms with Gasteiger partial charge in [0.25, 0.3) is 0 Å². The zero-order chi connectivity index (χ0) is 18.0. The van der Waals surface area contributed by atoms with Crippen LogP contribution >= 0.6 is 0 Å². The van der Waals surface area contributed by atoms with Gasteiger partial charge in [-0.3, -0.25) is 4.79 Å². The van der Waals surface area contributed by atoms with Gasteiger partial charge in [0.15, 0.2) is 0 Å². The lowest BCUT2D eigenvalue weighted by molar-refractivity contribution is -0.124. The summed E-state index contributed by atoms with van der Waals surface area (Å²) >= 11 is 0. The molecule has 0 aromatic carbocycles. The molecule has 2 aliphatic carbocycles. The summed E-state index contributed by atoms with van der Waals surface area (Å²) < 4.78 is 0. The molecule has 1 fully saturated rings. The van der Waals surface area contributed by atoms with Crippen molar-refractivity contribution < 1.29 is 9.90 Å². The molecule has 3 unspecified atom stereocenters. The van der Waals surface area contributed by atoms with Crippen LogP contribution in [0.25, 0.3) is 0 Å². The summed E-state index contributed by atoms with van der Waals surface area (Å²) in [6.07, 6.45) is 11.7. The molecule has 0 aromatic rings. The van der Waals surface area contributed by atoms with Gasteiger partial charge in [-0.05, 0) is 48.9 Å².